The van der Waals surface area contributed by atoms with Crippen molar-refractivity contribution < 1.29 is 9.47 Å². The maximum atomic E-state index is 5.35. The Hall–Kier alpha value is -1.20. The second-order valence-electron chi connectivity index (χ2n) is 2.17. The van der Waals surface area contributed by atoms with E-state index in [0.717, 1.165) is 0 Å². The monoisotopic (exact) mass is 169 g/mol. The van der Waals surface area contributed by atoms with Crippen LogP contribution in [0.15, 0.2) is 12.4 Å². The number of hydrogen-bond acceptors (Lipinski definition) is 5. The van der Waals surface area contributed by atoms with Gasteiger partial charge in [-0.2, -0.15) is 0 Å². The largest absolute Gasteiger partial charge is 0.382 e. The Morgan fingerprint density at radius 2 is 1.92 bits per heavy atom. The van der Waals surface area contributed by atoms with E-state index in [0.29, 0.717) is 11.5 Å². The highest BCUT2D eigenvalue weighted by Gasteiger charge is 2.09. The summed E-state index contributed by atoms with van der Waals surface area (Å²) in [4.78, 5) is 7.83. The average Bonchev–Trinajstić information content (AvgIpc) is 2.10. The van der Waals surface area contributed by atoms with Crippen LogP contribution in [0, 0.1) is 0 Å². The van der Waals surface area contributed by atoms with Crippen LogP contribution in [-0.4, -0.2) is 24.2 Å². The van der Waals surface area contributed by atoms with E-state index < -0.39 is 6.29 Å². The Kier molecular flexibility index (Phi) is 2.95. The lowest BCUT2D eigenvalue weighted by molar-refractivity contribution is -0.108. The van der Waals surface area contributed by atoms with Gasteiger partial charge in [-0.25, -0.2) is 4.98 Å². The summed E-state index contributed by atoms with van der Waals surface area (Å²) in [5, 5.41) is 0. The van der Waals surface area contributed by atoms with E-state index >= 15 is 0 Å². The van der Waals surface area contributed by atoms with Gasteiger partial charge in [0, 0.05) is 14.2 Å². The molecule has 0 saturated heterocycles. The van der Waals surface area contributed by atoms with Crippen molar-refractivity contribution in [3.05, 3.63) is 18.1 Å². The van der Waals surface area contributed by atoms with Gasteiger partial charge in [0.15, 0.2) is 0 Å². The van der Waals surface area contributed by atoms with E-state index in [9.17, 15) is 0 Å². The highest BCUT2D eigenvalue weighted by atomic mass is 16.7. The second kappa shape index (κ2) is 3.99. The van der Waals surface area contributed by atoms with Gasteiger partial charge in [0.1, 0.15) is 11.5 Å². The lowest BCUT2D eigenvalue weighted by atomic mass is 10.4. The quantitative estimate of drug-likeness (QED) is 0.661. The third kappa shape index (κ3) is 1.90. The van der Waals surface area contributed by atoms with Crippen LogP contribution in [-0.2, 0) is 9.47 Å². The first-order valence-electron chi connectivity index (χ1n) is 3.41. The van der Waals surface area contributed by atoms with Crippen LogP contribution in [0.25, 0.3) is 0 Å². The van der Waals surface area contributed by atoms with Crippen molar-refractivity contribution in [3.63, 3.8) is 0 Å². The van der Waals surface area contributed by atoms with Gasteiger partial charge >= 0.3 is 0 Å². The Morgan fingerprint density at radius 3 is 2.33 bits per heavy atom. The van der Waals surface area contributed by atoms with Crippen molar-refractivity contribution in [2.45, 2.75) is 6.29 Å². The van der Waals surface area contributed by atoms with Crippen LogP contribution >= 0.6 is 0 Å². The molecule has 1 aromatic rings. The number of ether oxygens (including phenoxy) is 2. The van der Waals surface area contributed by atoms with Crippen LogP contribution in [0.3, 0.4) is 0 Å². The normalized spacial score (nSPS) is 10.6. The molecule has 12 heavy (non-hydrogen) atoms. The molecule has 0 spiro atoms. The van der Waals surface area contributed by atoms with Gasteiger partial charge < -0.3 is 15.2 Å². The van der Waals surface area contributed by atoms with Crippen molar-refractivity contribution in [2.75, 3.05) is 20.0 Å². The van der Waals surface area contributed by atoms with Crippen molar-refractivity contribution in [3.8, 4) is 0 Å². The molecule has 2 N–H and O–H groups in total. The summed E-state index contributed by atoms with van der Waals surface area (Å²) >= 11 is 0. The molecule has 1 heterocycles. The molecule has 0 saturated carbocycles. The number of hydrogen-bond donors (Lipinski definition) is 1. The van der Waals surface area contributed by atoms with Crippen LogP contribution in [0.1, 0.15) is 12.0 Å². The first kappa shape index (κ1) is 8.89. The summed E-state index contributed by atoms with van der Waals surface area (Å²) in [6.45, 7) is 0. The molecule has 66 valence electrons. The maximum Gasteiger partial charge on any atom is 0.202 e. The standard InChI is InChI=1S/C7H11N3O2/c1-11-7(12-2)5-3-10-6(8)4-9-5/h3-4,7H,1-2H3,(H2,8,10). The molecule has 0 aliphatic carbocycles. The third-order valence-corrected chi connectivity index (χ3v) is 1.36. The number of aromatic nitrogens is 2. The number of nitrogens with zero attached hydrogens (tertiary/aromatic N) is 2. The fourth-order valence-electron chi connectivity index (χ4n) is 0.807. The van der Waals surface area contributed by atoms with E-state index in [1.807, 2.05) is 0 Å². The van der Waals surface area contributed by atoms with Gasteiger partial charge in [-0.15, -0.1) is 0 Å². The summed E-state index contributed by atoms with van der Waals surface area (Å²) in [7, 11) is 3.07. The van der Waals surface area contributed by atoms with E-state index in [4.69, 9.17) is 15.2 Å². The van der Waals surface area contributed by atoms with Gasteiger partial charge in [-0.1, -0.05) is 0 Å². The van der Waals surface area contributed by atoms with Gasteiger partial charge in [0.25, 0.3) is 0 Å². The number of rotatable bonds is 3. The van der Waals surface area contributed by atoms with E-state index in [-0.39, 0.29) is 0 Å². The first-order valence-corrected chi connectivity index (χ1v) is 3.41. The van der Waals surface area contributed by atoms with E-state index in [2.05, 4.69) is 9.97 Å². The Bertz CT molecular complexity index is 233. The molecule has 0 amide bonds. The zero-order valence-corrected chi connectivity index (χ0v) is 7.02. The molecular formula is C7H11N3O2. The lowest BCUT2D eigenvalue weighted by Gasteiger charge is -2.11. The number of anilines is 1. The molecule has 0 unspecified atom stereocenters. The summed E-state index contributed by atoms with van der Waals surface area (Å²) in [5.74, 6) is 0.379. The highest BCUT2D eigenvalue weighted by molar-refractivity contribution is 5.22. The highest BCUT2D eigenvalue weighted by Crippen LogP contribution is 2.13. The molecule has 0 atom stereocenters. The molecular weight excluding hydrogens is 158 g/mol. The summed E-state index contributed by atoms with van der Waals surface area (Å²) in [5.41, 5.74) is 5.96. The maximum absolute atomic E-state index is 5.35. The SMILES string of the molecule is COC(OC)c1cnc(N)cn1. The summed E-state index contributed by atoms with van der Waals surface area (Å²) < 4.78 is 9.92. The summed E-state index contributed by atoms with van der Waals surface area (Å²) in [6, 6.07) is 0. The Labute approximate surface area is 70.5 Å². The van der Waals surface area contributed by atoms with Crippen LogP contribution in [0.5, 0.6) is 0 Å². The average molecular weight is 169 g/mol. The van der Waals surface area contributed by atoms with Gasteiger partial charge in [0.05, 0.1) is 12.4 Å². The summed E-state index contributed by atoms with van der Waals surface area (Å²) in [6.07, 6.45) is 2.51. The molecule has 0 aromatic carbocycles. The lowest BCUT2D eigenvalue weighted by Crippen LogP contribution is -2.07. The molecule has 0 aliphatic rings. The van der Waals surface area contributed by atoms with E-state index in [1.165, 1.54) is 26.6 Å². The zero-order chi connectivity index (χ0) is 8.97. The van der Waals surface area contributed by atoms with Crippen LogP contribution in [0.2, 0.25) is 0 Å². The molecule has 0 aliphatic heterocycles. The second-order valence-corrected chi connectivity index (χ2v) is 2.17. The molecule has 1 aromatic heterocycles. The fraction of sp³-hybridized carbons (Fsp3) is 0.429. The molecule has 5 heteroatoms. The van der Waals surface area contributed by atoms with Gasteiger partial charge in [-0.3, -0.25) is 4.98 Å². The van der Waals surface area contributed by atoms with Crippen LogP contribution < -0.4 is 5.73 Å². The van der Waals surface area contributed by atoms with E-state index in [1.54, 1.807) is 0 Å². The predicted octanol–water partition coefficient (Wildman–Crippen LogP) is 0.350. The van der Waals surface area contributed by atoms with Crippen molar-refractivity contribution in [1.29, 1.82) is 0 Å². The van der Waals surface area contributed by atoms with Gasteiger partial charge in [-0.05, 0) is 0 Å². The minimum atomic E-state index is -0.474. The minimum absolute atomic E-state index is 0.379. The van der Waals surface area contributed by atoms with Crippen molar-refractivity contribution in [2.24, 2.45) is 0 Å². The smallest absolute Gasteiger partial charge is 0.202 e. The molecule has 0 fully saturated rings. The molecule has 0 radical (unpaired) electrons. The third-order valence-electron chi connectivity index (χ3n) is 1.36. The predicted molar refractivity (Wildman–Crippen MR) is 43.2 cm³/mol. The number of methoxy groups -OCH3 is 2. The van der Waals surface area contributed by atoms with Crippen LogP contribution in [0.4, 0.5) is 5.82 Å². The Morgan fingerprint density at radius 1 is 1.25 bits per heavy atom. The number of nitrogen functional groups attached to an aromatic ring is 1. The molecule has 1 rings (SSSR count). The zero-order valence-electron chi connectivity index (χ0n) is 7.02. The molecule has 0 bridgehead atoms. The van der Waals surface area contributed by atoms with Gasteiger partial charge in [0.2, 0.25) is 6.29 Å². The molecule has 5 nitrogen and oxygen atoms in total. The van der Waals surface area contributed by atoms with Crippen molar-refractivity contribution >= 4 is 5.82 Å². The topological polar surface area (TPSA) is 70.3 Å². The fourth-order valence-corrected chi connectivity index (χ4v) is 0.807. The Balaban J connectivity index is 2.80. The first-order chi connectivity index (χ1) is 5.77. The minimum Gasteiger partial charge on any atom is -0.382 e. The van der Waals surface area contributed by atoms with Crippen molar-refractivity contribution in [1.82, 2.24) is 9.97 Å². The number of nitrogens with two attached hydrogens (primary N) is 1.